The van der Waals surface area contributed by atoms with Crippen molar-refractivity contribution < 1.29 is 18.3 Å². The summed E-state index contributed by atoms with van der Waals surface area (Å²) >= 11 is 0. The SMILES string of the molecule is O=C(O)c1cc(C2CC2)nc(C[SH](=O)=O)n1. The summed E-state index contributed by atoms with van der Waals surface area (Å²) in [6.45, 7) is 0. The van der Waals surface area contributed by atoms with Gasteiger partial charge >= 0.3 is 5.97 Å². The van der Waals surface area contributed by atoms with Gasteiger partial charge in [-0.05, 0) is 18.9 Å². The number of thiol groups is 1. The fraction of sp³-hybridized carbons (Fsp3) is 0.444. The topological polar surface area (TPSA) is 97.2 Å². The van der Waals surface area contributed by atoms with Gasteiger partial charge in [0, 0.05) is 11.6 Å². The van der Waals surface area contributed by atoms with Crippen molar-refractivity contribution in [2.45, 2.75) is 24.5 Å². The van der Waals surface area contributed by atoms with Gasteiger partial charge in [0.25, 0.3) is 0 Å². The number of rotatable bonds is 4. The first kappa shape index (κ1) is 11.0. The average molecular weight is 242 g/mol. The van der Waals surface area contributed by atoms with Gasteiger partial charge in [-0.25, -0.2) is 23.2 Å². The normalized spacial score (nSPS) is 15.3. The summed E-state index contributed by atoms with van der Waals surface area (Å²) in [4.78, 5) is 18.5. The maximum Gasteiger partial charge on any atom is 0.354 e. The zero-order valence-corrected chi connectivity index (χ0v) is 9.18. The van der Waals surface area contributed by atoms with Gasteiger partial charge in [0.15, 0.2) is 5.69 Å². The Morgan fingerprint density at radius 2 is 2.12 bits per heavy atom. The van der Waals surface area contributed by atoms with E-state index in [-0.39, 0.29) is 23.2 Å². The van der Waals surface area contributed by atoms with Crippen molar-refractivity contribution in [2.75, 3.05) is 0 Å². The quantitative estimate of drug-likeness (QED) is 0.730. The van der Waals surface area contributed by atoms with Crippen LogP contribution in [0.5, 0.6) is 0 Å². The number of carboxylic acids is 1. The standard InChI is InChI=1S/C9H10N2O4S/c12-9(13)7-3-6(5-1-2-5)10-8(11-7)4-16(14)15/h3,5,16H,1-2,4H2,(H,12,13). The molecule has 0 unspecified atom stereocenters. The predicted octanol–water partition coefficient (Wildman–Crippen LogP) is 0.164. The molecule has 1 aliphatic carbocycles. The second kappa shape index (κ2) is 4.17. The van der Waals surface area contributed by atoms with Crippen LogP contribution in [-0.4, -0.2) is 29.5 Å². The van der Waals surface area contributed by atoms with Crippen LogP contribution in [0.25, 0.3) is 0 Å². The highest BCUT2D eigenvalue weighted by atomic mass is 32.2. The average Bonchev–Trinajstić information content (AvgIpc) is 2.98. The first-order chi connectivity index (χ1) is 7.56. The molecule has 1 aromatic heterocycles. The predicted molar refractivity (Wildman–Crippen MR) is 55.0 cm³/mol. The maximum absolute atomic E-state index is 10.8. The first-order valence-corrected chi connectivity index (χ1v) is 6.15. The van der Waals surface area contributed by atoms with Crippen LogP contribution < -0.4 is 0 Å². The van der Waals surface area contributed by atoms with Crippen molar-refractivity contribution in [3.05, 3.63) is 23.3 Å². The molecular formula is C9H10N2O4S. The van der Waals surface area contributed by atoms with Gasteiger partial charge in [-0.3, -0.25) is 0 Å². The third-order valence-corrected chi connectivity index (χ3v) is 2.82. The smallest absolute Gasteiger partial charge is 0.354 e. The van der Waals surface area contributed by atoms with Crippen LogP contribution in [0.15, 0.2) is 6.07 Å². The van der Waals surface area contributed by atoms with Crippen molar-refractivity contribution in [3.63, 3.8) is 0 Å². The van der Waals surface area contributed by atoms with Gasteiger partial charge in [0.1, 0.15) is 22.3 Å². The molecule has 0 saturated heterocycles. The van der Waals surface area contributed by atoms with Crippen molar-refractivity contribution in [3.8, 4) is 0 Å². The molecule has 1 saturated carbocycles. The van der Waals surface area contributed by atoms with Gasteiger partial charge in [-0.15, -0.1) is 0 Å². The van der Waals surface area contributed by atoms with E-state index in [1.807, 2.05) is 0 Å². The zero-order valence-electron chi connectivity index (χ0n) is 8.29. The zero-order chi connectivity index (χ0) is 11.7. The molecule has 2 rings (SSSR count). The minimum absolute atomic E-state index is 0.0675. The van der Waals surface area contributed by atoms with Gasteiger partial charge < -0.3 is 5.11 Å². The number of carbonyl (C=O) groups is 1. The number of carboxylic acid groups (broad SMARTS) is 1. The van der Waals surface area contributed by atoms with Crippen molar-refractivity contribution in [2.24, 2.45) is 0 Å². The summed E-state index contributed by atoms with van der Waals surface area (Å²) in [5.41, 5.74) is 0.503. The number of hydrogen-bond donors (Lipinski definition) is 2. The fourth-order valence-corrected chi connectivity index (χ4v) is 1.77. The van der Waals surface area contributed by atoms with Crippen LogP contribution in [0, 0.1) is 0 Å². The highest BCUT2D eigenvalue weighted by molar-refractivity contribution is 7.71. The highest BCUT2D eigenvalue weighted by Gasteiger charge is 2.27. The lowest BCUT2D eigenvalue weighted by molar-refractivity contribution is 0.0689. The lowest BCUT2D eigenvalue weighted by Crippen LogP contribution is -2.08. The van der Waals surface area contributed by atoms with E-state index in [0.717, 1.165) is 12.8 Å². The molecule has 7 heteroatoms. The third kappa shape index (κ3) is 2.54. The minimum Gasteiger partial charge on any atom is -0.477 e. The largest absolute Gasteiger partial charge is 0.477 e. The molecule has 1 heterocycles. The number of aromatic carboxylic acids is 1. The molecule has 0 amide bonds. The summed E-state index contributed by atoms with van der Waals surface area (Å²) in [7, 11) is -2.64. The molecule has 16 heavy (non-hydrogen) atoms. The maximum atomic E-state index is 10.8. The van der Waals surface area contributed by atoms with Gasteiger partial charge in [0.2, 0.25) is 0 Å². The van der Waals surface area contributed by atoms with Crippen LogP contribution in [0.2, 0.25) is 0 Å². The monoisotopic (exact) mass is 242 g/mol. The molecule has 1 aliphatic rings. The van der Waals surface area contributed by atoms with E-state index in [4.69, 9.17) is 5.11 Å². The van der Waals surface area contributed by atoms with Crippen LogP contribution in [0.3, 0.4) is 0 Å². The Bertz CT molecular complexity index is 500. The molecule has 0 radical (unpaired) electrons. The molecule has 0 bridgehead atoms. The lowest BCUT2D eigenvalue weighted by atomic mass is 10.2. The third-order valence-electron chi connectivity index (χ3n) is 2.28. The minimum atomic E-state index is -2.64. The molecule has 6 nitrogen and oxygen atoms in total. The molecule has 0 spiro atoms. The lowest BCUT2D eigenvalue weighted by Gasteiger charge is -2.02. The van der Waals surface area contributed by atoms with E-state index in [1.165, 1.54) is 6.07 Å². The van der Waals surface area contributed by atoms with Crippen LogP contribution in [-0.2, 0) is 16.5 Å². The Balaban J connectivity index is 2.39. The molecule has 0 atom stereocenters. The Kier molecular flexibility index (Phi) is 2.86. The molecule has 0 aliphatic heterocycles. The fourth-order valence-electron chi connectivity index (χ4n) is 1.40. The van der Waals surface area contributed by atoms with E-state index >= 15 is 0 Å². The Morgan fingerprint density at radius 1 is 1.44 bits per heavy atom. The van der Waals surface area contributed by atoms with E-state index in [2.05, 4.69) is 9.97 Å². The number of aromatic nitrogens is 2. The highest BCUT2D eigenvalue weighted by Crippen LogP contribution is 2.39. The van der Waals surface area contributed by atoms with Gasteiger partial charge in [0.05, 0.1) is 0 Å². The molecule has 86 valence electrons. The summed E-state index contributed by atoms with van der Waals surface area (Å²) in [5, 5.41) is 8.83. The van der Waals surface area contributed by atoms with Crippen LogP contribution in [0.4, 0.5) is 0 Å². The van der Waals surface area contributed by atoms with E-state index < -0.39 is 16.7 Å². The second-order valence-electron chi connectivity index (χ2n) is 3.66. The number of nitrogens with zero attached hydrogens (tertiary/aromatic N) is 2. The van der Waals surface area contributed by atoms with E-state index in [0.29, 0.717) is 5.69 Å². The summed E-state index contributed by atoms with van der Waals surface area (Å²) in [6, 6.07) is 1.42. The molecule has 1 aromatic rings. The van der Waals surface area contributed by atoms with Crippen molar-refractivity contribution in [1.82, 2.24) is 9.97 Å². The summed E-state index contributed by atoms with van der Waals surface area (Å²) in [5.74, 6) is -1.13. The van der Waals surface area contributed by atoms with Crippen molar-refractivity contribution in [1.29, 1.82) is 0 Å². The van der Waals surface area contributed by atoms with Gasteiger partial charge in [-0.2, -0.15) is 0 Å². The Hall–Kier alpha value is -1.50. The van der Waals surface area contributed by atoms with E-state index in [9.17, 15) is 13.2 Å². The second-order valence-corrected chi connectivity index (χ2v) is 4.65. The Morgan fingerprint density at radius 3 is 2.62 bits per heavy atom. The van der Waals surface area contributed by atoms with E-state index in [1.54, 1.807) is 0 Å². The molecular weight excluding hydrogens is 232 g/mol. The summed E-state index contributed by atoms with van der Waals surface area (Å²) in [6.07, 6.45) is 1.94. The first-order valence-electron chi connectivity index (χ1n) is 4.79. The molecule has 1 N–H and O–H groups in total. The Labute approximate surface area is 93.3 Å². The molecule has 1 fully saturated rings. The number of hydrogen-bond acceptors (Lipinski definition) is 5. The van der Waals surface area contributed by atoms with Crippen LogP contribution >= 0.6 is 0 Å². The van der Waals surface area contributed by atoms with Crippen molar-refractivity contribution >= 4 is 16.7 Å². The van der Waals surface area contributed by atoms with Crippen LogP contribution in [0.1, 0.15) is 40.8 Å². The molecule has 0 aromatic carbocycles. The summed E-state index contributed by atoms with van der Waals surface area (Å²) < 4.78 is 21.1. The van der Waals surface area contributed by atoms with Gasteiger partial charge in [-0.1, -0.05) is 0 Å².